The van der Waals surface area contributed by atoms with Crippen molar-refractivity contribution >= 4 is 17.3 Å². The fourth-order valence-electron chi connectivity index (χ4n) is 1.57. The van der Waals surface area contributed by atoms with Crippen LogP contribution in [0.25, 0.3) is 0 Å². The highest BCUT2D eigenvalue weighted by Crippen LogP contribution is 2.16. The van der Waals surface area contributed by atoms with Crippen LogP contribution in [0.2, 0.25) is 5.02 Å². The maximum atomic E-state index is 13.1. The van der Waals surface area contributed by atoms with Crippen LogP contribution in [0.3, 0.4) is 0 Å². The lowest BCUT2D eigenvalue weighted by atomic mass is 10.2. The second kappa shape index (κ2) is 5.52. The summed E-state index contributed by atoms with van der Waals surface area (Å²) in [4.78, 5) is 0. The van der Waals surface area contributed by atoms with Gasteiger partial charge in [-0.3, -0.25) is 0 Å². The van der Waals surface area contributed by atoms with E-state index >= 15 is 0 Å². The zero-order valence-corrected chi connectivity index (χ0v) is 10.2. The molecule has 0 spiro atoms. The minimum absolute atomic E-state index is 0.0334. The van der Waals surface area contributed by atoms with E-state index in [2.05, 4.69) is 5.32 Å². The van der Waals surface area contributed by atoms with Crippen molar-refractivity contribution in [2.45, 2.75) is 6.54 Å². The van der Waals surface area contributed by atoms with Crippen LogP contribution >= 0.6 is 11.6 Å². The quantitative estimate of drug-likeness (QED) is 0.907. The van der Waals surface area contributed by atoms with Gasteiger partial charge in [0, 0.05) is 17.3 Å². The lowest BCUT2D eigenvalue weighted by Crippen LogP contribution is -2.00. The monoisotopic (exact) mass is 260 g/mol. The maximum absolute atomic E-state index is 13.1. The van der Waals surface area contributed by atoms with Gasteiger partial charge in [0.1, 0.15) is 11.9 Å². The van der Waals surface area contributed by atoms with Gasteiger partial charge in [-0.15, -0.1) is 0 Å². The lowest BCUT2D eigenvalue weighted by Gasteiger charge is -2.07. The third-order valence-electron chi connectivity index (χ3n) is 2.47. The molecule has 4 heteroatoms. The van der Waals surface area contributed by atoms with Crippen molar-refractivity contribution < 1.29 is 4.39 Å². The number of anilines is 1. The summed E-state index contributed by atoms with van der Waals surface area (Å²) in [5.41, 5.74) is 1.75. The molecular weight excluding hydrogens is 251 g/mol. The highest BCUT2D eigenvalue weighted by Gasteiger charge is 2.02. The molecule has 90 valence electrons. The van der Waals surface area contributed by atoms with Crippen LogP contribution < -0.4 is 5.32 Å². The standard InChI is InChI=1S/C14H10ClFN2/c15-12-3-1-2-10(6-12)9-18-13-4-5-14(16)11(7-13)8-17/h1-7,18H,9H2. The SMILES string of the molecule is N#Cc1cc(NCc2cccc(Cl)c2)ccc1F. The zero-order chi connectivity index (χ0) is 13.0. The van der Waals surface area contributed by atoms with E-state index in [1.165, 1.54) is 12.1 Å². The van der Waals surface area contributed by atoms with Gasteiger partial charge in [-0.25, -0.2) is 4.39 Å². The minimum atomic E-state index is -0.509. The van der Waals surface area contributed by atoms with E-state index in [1.807, 2.05) is 18.2 Å². The second-order valence-electron chi connectivity index (χ2n) is 3.79. The molecule has 0 fully saturated rings. The Morgan fingerprint density at radius 3 is 2.78 bits per heavy atom. The predicted molar refractivity (Wildman–Crippen MR) is 69.9 cm³/mol. The van der Waals surface area contributed by atoms with Gasteiger partial charge in [-0.1, -0.05) is 23.7 Å². The van der Waals surface area contributed by atoms with Crippen molar-refractivity contribution in [3.8, 4) is 6.07 Å². The van der Waals surface area contributed by atoms with Gasteiger partial charge >= 0.3 is 0 Å². The van der Waals surface area contributed by atoms with E-state index in [-0.39, 0.29) is 5.56 Å². The molecule has 1 N–H and O–H groups in total. The van der Waals surface area contributed by atoms with Gasteiger partial charge in [0.05, 0.1) is 5.56 Å². The molecule has 18 heavy (non-hydrogen) atoms. The number of nitrogens with zero attached hydrogens (tertiary/aromatic N) is 1. The number of hydrogen-bond acceptors (Lipinski definition) is 2. The summed E-state index contributed by atoms with van der Waals surface area (Å²) >= 11 is 5.87. The minimum Gasteiger partial charge on any atom is -0.381 e. The summed E-state index contributed by atoms with van der Waals surface area (Å²) in [5, 5.41) is 12.5. The summed E-state index contributed by atoms with van der Waals surface area (Å²) in [6.07, 6.45) is 0. The van der Waals surface area contributed by atoms with E-state index in [9.17, 15) is 4.39 Å². The molecule has 0 saturated heterocycles. The van der Waals surface area contributed by atoms with Crippen LogP contribution in [0.5, 0.6) is 0 Å². The molecule has 0 amide bonds. The average molecular weight is 261 g/mol. The van der Waals surface area contributed by atoms with Crippen LogP contribution in [0, 0.1) is 17.1 Å². The van der Waals surface area contributed by atoms with Gasteiger partial charge < -0.3 is 5.32 Å². The number of benzene rings is 2. The second-order valence-corrected chi connectivity index (χ2v) is 4.23. The molecule has 0 aromatic heterocycles. The van der Waals surface area contributed by atoms with E-state index in [4.69, 9.17) is 16.9 Å². The number of hydrogen-bond donors (Lipinski definition) is 1. The van der Waals surface area contributed by atoms with Crippen LogP contribution in [0.1, 0.15) is 11.1 Å². The topological polar surface area (TPSA) is 35.8 Å². The molecule has 2 nitrogen and oxygen atoms in total. The van der Waals surface area contributed by atoms with Crippen LogP contribution in [0.4, 0.5) is 10.1 Å². The normalized spacial score (nSPS) is 9.83. The van der Waals surface area contributed by atoms with Crippen molar-refractivity contribution in [1.29, 1.82) is 5.26 Å². The van der Waals surface area contributed by atoms with Gasteiger partial charge in [0.2, 0.25) is 0 Å². The summed E-state index contributed by atoms with van der Waals surface area (Å²) in [5.74, 6) is -0.509. The Balaban J connectivity index is 2.09. The Labute approximate surface area is 110 Å². The molecular formula is C14H10ClFN2. The Kier molecular flexibility index (Phi) is 3.81. The van der Waals surface area contributed by atoms with Crippen LogP contribution in [-0.4, -0.2) is 0 Å². The smallest absolute Gasteiger partial charge is 0.141 e. The fraction of sp³-hybridized carbons (Fsp3) is 0.0714. The molecule has 0 saturated carbocycles. The first-order chi connectivity index (χ1) is 8.69. The highest BCUT2D eigenvalue weighted by molar-refractivity contribution is 6.30. The predicted octanol–water partition coefficient (Wildman–Crippen LogP) is 3.96. The Hall–Kier alpha value is -2.05. The molecule has 2 rings (SSSR count). The number of nitriles is 1. The largest absolute Gasteiger partial charge is 0.381 e. The Bertz CT molecular complexity index is 605. The third-order valence-corrected chi connectivity index (χ3v) is 2.71. The molecule has 0 bridgehead atoms. The first-order valence-corrected chi connectivity index (χ1v) is 5.75. The fourth-order valence-corrected chi connectivity index (χ4v) is 1.78. The Morgan fingerprint density at radius 2 is 2.06 bits per heavy atom. The van der Waals surface area contributed by atoms with Crippen molar-refractivity contribution in [3.05, 3.63) is 64.4 Å². The number of halogens is 2. The van der Waals surface area contributed by atoms with E-state index < -0.39 is 5.82 Å². The molecule has 2 aromatic carbocycles. The molecule has 2 aromatic rings. The maximum Gasteiger partial charge on any atom is 0.141 e. The van der Waals surface area contributed by atoms with Crippen molar-refractivity contribution in [2.24, 2.45) is 0 Å². The Morgan fingerprint density at radius 1 is 1.22 bits per heavy atom. The zero-order valence-electron chi connectivity index (χ0n) is 9.45. The summed E-state index contributed by atoms with van der Waals surface area (Å²) in [6.45, 7) is 0.567. The van der Waals surface area contributed by atoms with Gasteiger partial charge in [-0.05, 0) is 35.9 Å². The molecule has 0 heterocycles. The molecule has 0 aliphatic rings. The first kappa shape index (κ1) is 12.4. The first-order valence-electron chi connectivity index (χ1n) is 5.37. The number of nitrogens with one attached hydrogen (secondary N) is 1. The molecule has 0 aliphatic heterocycles. The molecule has 0 radical (unpaired) electrons. The molecule has 0 aliphatic carbocycles. The van der Waals surface area contributed by atoms with Gasteiger partial charge in [-0.2, -0.15) is 5.26 Å². The highest BCUT2D eigenvalue weighted by atomic mass is 35.5. The summed E-state index contributed by atoms with van der Waals surface area (Å²) < 4.78 is 13.1. The van der Waals surface area contributed by atoms with Gasteiger partial charge in [0.25, 0.3) is 0 Å². The summed E-state index contributed by atoms with van der Waals surface area (Å²) in [6, 6.07) is 13.6. The summed E-state index contributed by atoms with van der Waals surface area (Å²) in [7, 11) is 0. The van der Waals surface area contributed by atoms with E-state index in [1.54, 1.807) is 18.2 Å². The van der Waals surface area contributed by atoms with Crippen LogP contribution in [0.15, 0.2) is 42.5 Å². The van der Waals surface area contributed by atoms with Gasteiger partial charge in [0.15, 0.2) is 0 Å². The van der Waals surface area contributed by atoms with Crippen molar-refractivity contribution in [1.82, 2.24) is 0 Å². The number of rotatable bonds is 3. The van der Waals surface area contributed by atoms with E-state index in [0.717, 1.165) is 5.56 Å². The molecule has 0 atom stereocenters. The van der Waals surface area contributed by atoms with Crippen LogP contribution in [-0.2, 0) is 6.54 Å². The lowest BCUT2D eigenvalue weighted by molar-refractivity contribution is 0.624. The van der Waals surface area contributed by atoms with E-state index in [0.29, 0.717) is 17.3 Å². The average Bonchev–Trinajstić information content (AvgIpc) is 2.38. The third kappa shape index (κ3) is 2.99. The van der Waals surface area contributed by atoms with Crippen molar-refractivity contribution in [3.63, 3.8) is 0 Å². The van der Waals surface area contributed by atoms with Crippen molar-refractivity contribution in [2.75, 3.05) is 5.32 Å². The molecule has 0 unspecified atom stereocenters.